The van der Waals surface area contributed by atoms with Crippen LogP contribution >= 0.6 is 0 Å². The van der Waals surface area contributed by atoms with E-state index in [2.05, 4.69) is 14.7 Å². The van der Waals surface area contributed by atoms with Gasteiger partial charge in [0, 0.05) is 36.4 Å². The van der Waals surface area contributed by atoms with Gasteiger partial charge in [0.1, 0.15) is 11.2 Å². The van der Waals surface area contributed by atoms with Crippen LogP contribution < -0.4 is 10.5 Å². The van der Waals surface area contributed by atoms with Gasteiger partial charge in [-0.3, -0.25) is 8.96 Å². The van der Waals surface area contributed by atoms with Crippen molar-refractivity contribution in [2.75, 3.05) is 38.9 Å². The fourth-order valence-corrected chi connectivity index (χ4v) is 6.24. The van der Waals surface area contributed by atoms with Crippen LogP contribution in [0.15, 0.2) is 60.9 Å². The topological polar surface area (TPSA) is 185 Å². The minimum Gasteiger partial charge on any atom is -0.465 e. The summed E-state index contributed by atoms with van der Waals surface area (Å²) in [5, 5.41) is 20.3. The Morgan fingerprint density at radius 1 is 0.754 bits per heavy atom. The third kappa shape index (κ3) is 9.96. The molecule has 1 saturated heterocycles. The molecule has 0 atom stereocenters. The average Bonchev–Trinajstić information content (AvgIpc) is 3.75. The summed E-state index contributed by atoms with van der Waals surface area (Å²) < 4.78 is 35.8. The zero-order chi connectivity index (χ0) is 41.8. The van der Waals surface area contributed by atoms with Crippen LogP contribution in [0.4, 0.5) is 19.9 Å². The molecule has 1 fully saturated rings. The van der Waals surface area contributed by atoms with Gasteiger partial charge in [-0.2, -0.15) is 0 Å². The minimum atomic E-state index is -1.86. The van der Waals surface area contributed by atoms with Crippen LogP contribution in [-0.2, 0) is 18.9 Å². The molecule has 2 aromatic carbocycles. The number of carbonyl (C=O) groups is 4. The lowest BCUT2D eigenvalue weighted by Crippen LogP contribution is -2.41. The van der Waals surface area contributed by atoms with Crippen LogP contribution in [-0.4, -0.2) is 106 Å². The van der Waals surface area contributed by atoms with E-state index in [0.29, 0.717) is 52.3 Å². The Kier molecular flexibility index (Phi) is 12.7. The molecule has 4 heterocycles. The van der Waals surface area contributed by atoms with Gasteiger partial charge in [0.15, 0.2) is 0 Å². The molecular formula is C40H47BFN5O10. The van der Waals surface area contributed by atoms with Crippen LogP contribution in [0.25, 0.3) is 33.1 Å². The fourth-order valence-electron chi connectivity index (χ4n) is 6.24. The summed E-state index contributed by atoms with van der Waals surface area (Å²) >= 11 is 0. The average molecular weight is 788 g/mol. The normalized spacial score (nSPS) is 13.5. The van der Waals surface area contributed by atoms with Gasteiger partial charge in [-0.1, -0.05) is 12.1 Å². The molecule has 0 saturated carbocycles. The number of benzene rings is 2. The number of methoxy groups -OCH3 is 2. The van der Waals surface area contributed by atoms with Gasteiger partial charge in [0.25, 0.3) is 0 Å². The highest BCUT2D eigenvalue weighted by atomic mass is 19.1. The van der Waals surface area contributed by atoms with Crippen LogP contribution in [0.2, 0.25) is 0 Å². The van der Waals surface area contributed by atoms with Crippen molar-refractivity contribution in [1.82, 2.24) is 19.1 Å². The summed E-state index contributed by atoms with van der Waals surface area (Å²) in [4.78, 5) is 60.4. The number of rotatable bonds is 6. The van der Waals surface area contributed by atoms with E-state index in [1.165, 1.54) is 37.0 Å². The largest absolute Gasteiger partial charge is 0.506 e. The van der Waals surface area contributed by atoms with Crippen molar-refractivity contribution in [3.8, 4) is 11.3 Å². The molecule has 0 spiro atoms. The summed E-state index contributed by atoms with van der Waals surface area (Å²) in [6.45, 7) is 11.6. The number of piperidine rings is 1. The maximum Gasteiger partial charge on any atom is 0.506 e. The number of aromatic nitrogens is 4. The number of fused-ring (bicyclic) bond motifs is 2. The van der Waals surface area contributed by atoms with E-state index in [4.69, 9.17) is 14.2 Å². The monoisotopic (exact) mass is 787 g/mol. The molecule has 6 rings (SSSR count). The second-order valence-electron chi connectivity index (χ2n) is 15.5. The van der Waals surface area contributed by atoms with E-state index in [1.54, 1.807) is 78.2 Å². The molecule has 0 aliphatic carbocycles. The molecule has 1 aliphatic heterocycles. The number of esters is 2. The maximum atomic E-state index is 13.2. The van der Waals surface area contributed by atoms with Gasteiger partial charge in [-0.25, -0.2) is 33.7 Å². The zero-order valence-electron chi connectivity index (χ0n) is 33.2. The first-order valence-corrected chi connectivity index (χ1v) is 18.3. The second-order valence-corrected chi connectivity index (χ2v) is 15.5. The number of ether oxygens (including phenoxy) is 4. The summed E-state index contributed by atoms with van der Waals surface area (Å²) in [5.74, 6) is -0.372. The first kappa shape index (κ1) is 42.3. The molecule has 5 aromatic rings. The summed E-state index contributed by atoms with van der Waals surface area (Å²) in [7, 11) is 0.697. The maximum absolute atomic E-state index is 13.2. The highest BCUT2D eigenvalue weighted by Crippen LogP contribution is 2.31. The first-order valence-electron chi connectivity index (χ1n) is 18.3. The lowest BCUT2D eigenvalue weighted by atomic mass is 9.86. The van der Waals surface area contributed by atoms with E-state index >= 15 is 0 Å². The van der Waals surface area contributed by atoms with Gasteiger partial charge < -0.3 is 33.9 Å². The Morgan fingerprint density at radius 2 is 1.23 bits per heavy atom. The van der Waals surface area contributed by atoms with Crippen LogP contribution in [0.3, 0.4) is 0 Å². The number of halogens is 1. The molecule has 0 bridgehead atoms. The molecule has 302 valence electrons. The van der Waals surface area contributed by atoms with Gasteiger partial charge in [-0.05, 0) is 102 Å². The third-order valence-electron chi connectivity index (χ3n) is 8.95. The molecule has 17 heteroatoms. The van der Waals surface area contributed by atoms with Crippen molar-refractivity contribution >= 4 is 64.6 Å². The van der Waals surface area contributed by atoms with Gasteiger partial charge in [0.2, 0.25) is 5.95 Å². The van der Waals surface area contributed by atoms with Gasteiger partial charge in [-0.15, -0.1) is 0 Å². The molecule has 1 aliphatic rings. The van der Waals surface area contributed by atoms with E-state index < -0.39 is 42.4 Å². The molecule has 57 heavy (non-hydrogen) atoms. The number of carbonyl (C=O) groups excluding carboxylic acids is 4. The zero-order valence-corrected chi connectivity index (χ0v) is 33.2. The third-order valence-corrected chi connectivity index (χ3v) is 8.95. The van der Waals surface area contributed by atoms with E-state index in [0.717, 1.165) is 22.8 Å². The van der Waals surface area contributed by atoms with Crippen molar-refractivity contribution in [1.29, 1.82) is 0 Å². The predicted octanol–water partition coefficient (Wildman–Crippen LogP) is 5.74. The Labute approximate surface area is 329 Å². The Bertz CT molecular complexity index is 2270. The Hall–Kier alpha value is -5.81. The van der Waals surface area contributed by atoms with Crippen LogP contribution in [0, 0.1) is 5.92 Å². The standard InChI is InChI=1S/C25H29FN4O4.C15H18BNO6/c1-25(2,3)34-24(32)30-20-12-18(22(31)33-4)6-5-17(20)11-21(30)19-14-27-23(28-15-19)29-9-7-16(13-26)8-10-29;1-15(2,3)23-14(19)17-11-7-10(13(18)22-4)6-5-9(11)8-12(17)16(20)21/h5-6,11-12,14-16H,7-10,13H2,1-4H3;5-8,20-21H,1-4H3. The van der Waals surface area contributed by atoms with Crippen molar-refractivity contribution in [3.05, 3.63) is 72.1 Å². The molecule has 3 aromatic heterocycles. The number of hydrogen-bond donors (Lipinski definition) is 2. The number of hydrogen-bond acceptors (Lipinski definition) is 13. The molecule has 15 nitrogen and oxygen atoms in total. The van der Waals surface area contributed by atoms with E-state index in [1.807, 2.05) is 11.0 Å². The molecular weight excluding hydrogens is 740 g/mol. The number of nitrogens with zero attached hydrogens (tertiary/aromatic N) is 5. The smallest absolute Gasteiger partial charge is 0.465 e. The predicted molar refractivity (Wildman–Crippen MR) is 212 cm³/mol. The molecule has 0 radical (unpaired) electrons. The highest BCUT2D eigenvalue weighted by molar-refractivity contribution is 6.59. The van der Waals surface area contributed by atoms with Crippen molar-refractivity contribution in [2.24, 2.45) is 5.92 Å². The summed E-state index contributed by atoms with van der Waals surface area (Å²) in [6, 6.07) is 12.9. The van der Waals surface area contributed by atoms with Crippen molar-refractivity contribution in [2.45, 2.75) is 65.6 Å². The summed E-state index contributed by atoms with van der Waals surface area (Å²) in [5.41, 5.74) is 1.07. The Morgan fingerprint density at radius 3 is 1.68 bits per heavy atom. The number of alkyl halides is 1. The second kappa shape index (κ2) is 17.1. The lowest BCUT2D eigenvalue weighted by Gasteiger charge is -2.30. The lowest BCUT2D eigenvalue weighted by molar-refractivity contribution is 0.0536. The van der Waals surface area contributed by atoms with Crippen LogP contribution in [0.1, 0.15) is 75.1 Å². The quantitative estimate of drug-likeness (QED) is 0.121. The fraction of sp³-hybridized carbons (Fsp3) is 0.400. The molecule has 0 unspecified atom stereocenters. The molecule has 2 N–H and O–H groups in total. The summed E-state index contributed by atoms with van der Waals surface area (Å²) in [6.07, 6.45) is 3.54. The number of anilines is 1. The van der Waals surface area contributed by atoms with Gasteiger partial charge in [0.05, 0.1) is 54.3 Å². The highest BCUT2D eigenvalue weighted by Gasteiger charge is 2.28. The van der Waals surface area contributed by atoms with Gasteiger partial charge >= 0.3 is 31.2 Å². The van der Waals surface area contributed by atoms with Crippen molar-refractivity contribution < 1.29 is 52.6 Å². The molecule has 0 amide bonds. The first-order chi connectivity index (χ1) is 26.8. The minimum absolute atomic E-state index is 0.0451. The van der Waals surface area contributed by atoms with E-state index in [-0.39, 0.29) is 23.7 Å². The van der Waals surface area contributed by atoms with E-state index in [9.17, 15) is 33.6 Å². The Balaban J connectivity index is 0.000000235. The van der Waals surface area contributed by atoms with Crippen molar-refractivity contribution in [3.63, 3.8) is 0 Å². The van der Waals surface area contributed by atoms with Crippen LogP contribution in [0.5, 0.6) is 0 Å². The SMILES string of the molecule is COC(=O)c1ccc2cc(-c3cnc(N4CCC(CF)CC4)nc3)n(C(=O)OC(C)(C)C)c2c1.COC(=O)c1ccc2cc(B(O)O)n(C(=O)OC(C)(C)C)c2c1.